The molecule has 2 aromatic rings. The van der Waals surface area contributed by atoms with Crippen molar-refractivity contribution in [3.05, 3.63) is 58.4 Å². The molecule has 3 nitrogen and oxygen atoms in total. The van der Waals surface area contributed by atoms with E-state index in [2.05, 4.69) is 0 Å². The van der Waals surface area contributed by atoms with Crippen molar-refractivity contribution >= 4 is 0 Å². The standard InChI is InChI=1S/C15H14N2O/c1-2-10-17-14(12-6-4-3-5-7-12)9-8-13(11-16)15(17)18/h3-9H,2,10H2,1H3. The molecule has 0 spiro atoms. The van der Waals surface area contributed by atoms with Gasteiger partial charge in [-0.15, -0.1) is 0 Å². The van der Waals surface area contributed by atoms with E-state index >= 15 is 0 Å². The molecule has 0 saturated carbocycles. The number of nitrogens with zero attached hydrogens (tertiary/aromatic N) is 2. The lowest BCUT2D eigenvalue weighted by molar-refractivity contribution is 0.659. The van der Waals surface area contributed by atoms with Crippen molar-refractivity contribution < 1.29 is 0 Å². The van der Waals surface area contributed by atoms with Crippen LogP contribution in [0.4, 0.5) is 0 Å². The van der Waals surface area contributed by atoms with Gasteiger partial charge >= 0.3 is 0 Å². The maximum absolute atomic E-state index is 12.1. The minimum atomic E-state index is -0.208. The van der Waals surface area contributed by atoms with Gasteiger partial charge in [0, 0.05) is 6.54 Å². The zero-order chi connectivity index (χ0) is 13.0. The Morgan fingerprint density at radius 2 is 1.89 bits per heavy atom. The van der Waals surface area contributed by atoms with Crippen molar-refractivity contribution in [1.82, 2.24) is 4.57 Å². The fourth-order valence-electron chi connectivity index (χ4n) is 1.97. The molecule has 3 heteroatoms. The Bertz CT molecular complexity index is 636. The smallest absolute Gasteiger partial charge is 0.268 e. The second-order valence-electron chi connectivity index (χ2n) is 4.07. The summed E-state index contributed by atoms with van der Waals surface area (Å²) in [6.45, 7) is 2.64. The van der Waals surface area contributed by atoms with E-state index in [0.717, 1.165) is 17.7 Å². The normalized spacial score (nSPS) is 10.0. The van der Waals surface area contributed by atoms with Gasteiger partial charge in [0.05, 0.1) is 5.69 Å². The van der Waals surface area contributed by atoms with E-state index in [1.807, 2.05) is 49.4 Å². The monoisotopic (exact) mass is 238 g/mol. The van der Waals surface area contributed by atoms with Crippen molar-refractivity contribution in [1.29, 1.82) is 5.26 Å². The summed E-state index contributed by atoms with van der Waals surface area (Å²) in [7, 11) is 0. The van der Waals surface area contributed by atoms with E-state index in [4.69, 9.17) is 5.26 Å². The van der Waals surface area contributed by atoms with Crippen molar-refractivity contribution in [3.63, 3.8) is 0 Å². The summed E-state index contributed by atoms with van der Waals surface area (Å²) in [5, 5.41) is 8.91. The van der Waals surface area contributed by atoms with Crippen LogP contribution >= 0.6 is 0 Å². The third-order valence-electron chi connectivity index (χ3n) is 2.81. The highest BCUT2D eigenvalue weighted by atomic mass is 16.1. The average molecular weight is 238 g/mol. The molecule has 90 valence electrons. The van der Waals surface area contributed by atoms with Crippen LogP contribution in [0.2, 0.25) is 0 Å². The number of hydrogen-bond donors (Lipinski definition) is 0. The molecule has 1 aromatic heterocycles. The summed E-state index contributed by atoms with van der Waals surface area (Å²) in [5.74, 6) is 0. The van der Waals surface area contributed by atoms with Crippen LogP contribution in [0.25, 0.3) is 11.3 Å². The zero-order valence-electron chi connectivity index (χ0n) is 10.3. The first-order valence-corrected chi connectivity index (χ1v) is 5.97. The van der Waals surface area contributed by atoms with Crippen LogP contribution in [0.3, 0.4) is 0 Å². The quantitative estimate of drug-likeness (QED) is 0.825. The van der Waals surface area contributed by atoms with E-state index < -0.39 is 0 Å². The van der Waals surface area contributed by atoms with Gasteiger partial charge in [-0.3, -0.25) is 4.79 Å². The molecule has 0 bridgehead atoms. The van der Waals surface area contributed by atoms with Crippen LogP contribution in [0.5, 0.6) is 0 Å². The number of pyridine rings is 1. The van der Waals surface area contributed by atoms with E-state index in [-0.39, 0.29) is 11.1 Å². The maximum Gasteiger partial charge on any atom is 0.268 e. The van der Waals surface area contributed by atoms with Gasteiger partial charge in [-0.1, -0.05) is 37.3 Å². The van der Waals surface area contributed by atoms with E-state index in [1.54, 1.807) is 10.6 Å². The highest BCUT2D eigenvalue weighted by Gasteiger charge is 2.09. The van der Waals surface area contributed by atoms with E-state index in [0.29, 0.717) is 6.54 Å². The van der Waals surface area contributed by atoms with Crippen LogP contribution in [-0.2, 0) is 6.54 Å². The first-order valence-electron chi connectivity index (χ1n) is 5.97. The molecule has 0 saturated heterocycles. The van der Waals surface area contributed by atoms with Gasteiger partial charge in [0.25, 0.3) is 5.56 Å². The SMILES string of the molecule is CCCn1c(-c2ccccc2)ccc(C#N)c1=O. The molecule has 0 atom stereocenters. The Labute approximate surface area is 106 Å². The minimum Gasteiger partial charge on any atom is -0.307 e. The highest BCUT2D eigenvalue weighted by Crippen LogP contribution is 2.18. The molecular weight excluding hydrogens is 224 g/mol. The van der Waals surface area contributed by atoms with Crippen molar-refractivity contribution in [2.45, 2.75) is 19.9 Å². The van der Waals surface area contributed by atoms with Gasteiger partial charge in [-0.2, -0.15) is 5.26 Å². The average Bonchev–Trinajstić information content (AvgIpc) is 2.42. The lowest BCUT2D eigenvalue weighted by atomic mass is 10.1. The summed E-state index contributed by atoms with van der Waals surface area (Å²) in [5.41, 5.74) is 1.85. The molecule has 2 rings (SSSR count). The molecule has 0 amide bonds. The van der Waals surface area contributed by atoms with Crippen LogP contribution < -0.4 is 5.56 Å². The molecule has 0 aliphatic rings. The van der Waals surface area contributed by atoms with E-state index in [1.165, 1.54) is 0 Å². The number of benzene rings is 1. The number of hydrogen-bond acceptors (Lipinski definition) is 2. The molecule has 0 aliphatic heterocycles. The van der Waals surface area contributed by atoms with Gasteiger partial charge < -0.3 is 4.57 Å². The van der Waals surface area contributed by atoms with Crippen molar-refractivity contribution in [2.75, 3.05) is 0 Å². The Morgan fingerprint density at radius 3 is 2.50 bits per heavy atom. The fraction of sp³-hybridized carbons (Fsp3) is 0.200. The van der Waals surface area contributed by atoms with Gasteiger partial charge in [0.2, 0.25) is 0 Å². The van der Waals surface area contributed by atoms with Crippen LogP contribution in [0, 0.1) is 11.3 Å². The predicted molar refractivity (Wildman–Crippen MR) is 71.1 cm³/mol. The van der Waals surface area contributed by atoms with Gasteiger partial charge in [0.15, 0.2) is 0 Å². The fourth-order valence-corrected chi connectivity index (χ4v) is 1.97. The molecule has 0 fully saturated rings. The third kappa shape index (κ3) is 2.18. The molecule has 0 N–H and O–H groups in total. The number of rotatable bonds is 3. The van der Waals surface area contributed by atoms with Crippen molar-refractivity contribution in [3.8, 4) is 17.3 Å². The summed E-state index contributed by atoms with van der Waals surface area (Å²) in [4.78, 5) is 12.1. The van der Waals surface area contributed by atoms with Crippen LogP contribution in [0.15, 0.2) is 47.3 Å². The second kappa shape index (κ2) is 5.33. The van der Waals surface area contributed by atoms with E-state index in [9.17, 15) is 4.79 Å². The Kier molecular flexibility index (Phi) is 3.59. The molecule has 0 radical (unpaired) electrons. The molecule has 0 aliphatic carbocycles. The van der Waals surface area contributed by atoms with Crippen LogP contribution in [0.1, 0.15) is 18.9 Å². The summed E-state index contributed by atoms with van der Waals surface area (Å²) < 4.78 is 1.67. The van der Waals surface area contributed by atoms with Gasteiger partial charge in [0.1, 0.15) is 11.6 Å². The molecule has 18 heavy (non-hydrogen) atoms. The lowest BCUT2D eigenvalue weighted by Crippen LogP contribution is -2.23. The lowest BCUT2D eigenvalue weighted by Gasteiger charge is -2.12. The second-order valence-corrected chi connectivity index (χ2v) is 4.07. The number of nitriles is 1. The predicted octanol–water partition coefficient (Wildman–Crippen LogP) is 2.80. The molecule has 1 aromatic carbocycles. The minimum absolute atomic E-state index is 0.197. The van der Waals surface area contributed by atoms with Gasteiger partial charge in [-0.25, -0.2) is 0 Å². The molecule has 0 unspecified atom stereocenters. The molecular formula is C15H14N2O. The third-order valence-corrected chi connectivity index (χ3v) is 2.81. The van der Waals surface area contributed by atoms with Crippen molar-refractivity contribution in [2.24, 2.45) is 0 Å². The van der Waals surface area contributed by atoms with Crippen LogP contribution in [-0.4, -0.2) is 4.57 Å². The Balaban J connectivity index is 2.66. The topological polar surface area (TPSA) is 45.8 Å². The Morgan fingerprint density at radius 1 is 1.17 bits per heavy atom. The largest absolute Gasteiger partial charge is 0.307 e. The first kappa shape index (κ1) is 12.1. The van der Waals surface area contributed by atoms with Gasteiger partial charge in [-0.05, 0) is 24.1 Å². The number of aromatic nitrogens is 1. The summed E-state index contributed by atoms with van der Waals surface area (Å²) in [6, 6.07) is 15.1. The Hall–Kier alpha value is -2.34. The summed E-state index contributed by atoms with van der Waals surface area (Å²) >= 11 is 0. The molecule has 1 heterocycles. The highest BCUT2D eigenvalue weighted by molar-refractivity contribution is 5.60. The summed E-state index contributed by atoms with van der Waals surface area (Å²) in [6.07, 6.45) is 0.856. The zero-order valence-corrected chi connectivity index (χ0v) is 10.3. The first-order chi connectivity index (χ1) is 8.77. The maximum atomic E-state index is 12.1.